The second kappa shape index (κ2) is 5.85. The molecule has 0 spiro atoms. The summed E-state index contributed by atoms with van der Waals surface area (Å²) in [6, 6.07) is -0.585. The molecule has 0 aromatic rings. The molecule has 5 heteroatoms. The Balaban J connectivity index is 0.000001000. The first-order valence-corrected chi connectivity index (χ1v) is 3.08. The fraction of sp³-hybridized carbons (Fsp3) is 0.667. The first kappa shape index (κ1) is 12.3. The van der Waals surface area contributed by atoms with Gasteiger partial charge in [-0.2, -0.15) is 0 Å². The van der Waals surface area contributed by atoms with Gasteiger partial charge in [-0.05, 0) is 6.42 Å². The van der Waals surface area contributed by atoms with Crippen molar-refractivity contribution in [2.24, 2.45) is 0 Å². The molecular weight excluding hydrogens is 361 g/mol. The van der Waals surface area contributed by atoms with Gasteiger partial charge in [-0.15, -0.1) is 6.04 Å². The Morgan fingerprint density at radius 3 is 2.64 bits per heavy atom. The maximum atomic E-state index is 9.06. The van der Waals surface area contributed by atoms with Crippen LogP contribution in [0.2, 0.25) is 0 Å². The Kier molecular flexibility index (Phi) is 6.53. The van der Waals surface area contributed by atoms with Gasteiger partial charge < -0.3 is 20.7 Å². The van der Waals surface area contributed by atoms with E-state index >= 15 is 0 Å². The molecule has 3 atom stereocenters. The van der Waals surface area contributed by atoms with Gasteiger partial charge in [0.15, 0.2) is 0 Å². The van der Waals surface area contributed by atoms with Gasteiger partial charge in [0.25, 0.3) is 0 Å². The first-order valence-electron chi connectivity index (χ1n) is 3.08. The summed E-state index contributed by atoms with van der Waals surface area (Å²) in [5, 5.41) is 17.6. The zero-order valence-corrected chi connectivity index (χ0v) is 10.7. The van der Waals surface area contributed by atoms with Crippen LogP contribution >= 0.6 is 0 Å². The zero-order valence-electron chi connectivity index (χ0n) is 5.97. The van der Waals surface area contributed by atoms with Gasteiger partial charge in [0.1, 0.15) is 6.10 Å². The minimum absolute atomic E-state index is 0. The van der Waals surface area contributed by atoms with Crippen LogP contribution < -0.4 is 0 Å². The van der Waals surface area contributed by atoms with Crippen molar-refractivity contribution in [1.29, 1.82) is 0 Å². The third-order valence-electron chi connectivity index (χ3n) is 1.37. The Labute approximate surface area is 102 Å². The summed E-state index contributed by atoms with van der Waals surface area (Å²) < 4.78 is 4.81. The summed E-state index contributed by atoms with van der Waals surface area (Å²) in [5.41, 5.74) is 7.09. The maximum Gasteiger partial charge on any atom is 0.107 e. The summed E-state index contributed by atoms with van der Waals surface area (Å²) in [5.74, 6) is 0. The second-order valence-corrected chi connectivity index (χ2v) is 2.20. The van der Waals surface area contributed by atoms with Crippen molar-refractivity contribution in [2.45, 2.75) is 18.2 Å². The fourth-order valence-corrected chi connectivity index (χ4v) is 0.799. The molecule has 0 amide bonds. The van der Waals surface area contributed by atoms with E-state index in [1.807, 2.05) is 0 Å². The molecule has 0 aromatic carbocycles. The van der Waals surface area contributed by atoms with Gasteiger partial charge >= 0.3 is 0 Å². The van der Waals surface area contributed by atoms with Crippen molar-refractivity contribution in [3.05, 3.63) is 18.8 Å². The van der Waals surface area contributed by atoms with E-state index in [0.29, 0.717) is 0 Å². The topological polar surface area (TPSA) is 73.5 Å². The minimum Gasteiger partial charge on any atom is -0.672 e. The Morgan fingerprint density at radius 1 is 1.55 bits per heavy atom. The standard InChI is InChI=1S/C6H10NO3.Ac/c7-4-1-5(9)6(2-8)10-3-4;/h1,3-9H,2H2;/q-1;/t4?,5-,6?;/m1./s1. The van der Waals surface area contributed by atoms with E-state index in [0.717, 1.165) is 0 Å². The van der Waals surface area contributed by atoms with Crippen molar-refractivity contribution in [2.75, 3.05) is 6.61 Å². The van der Waals surface area contributed by atoms with E-state index < -0.39 is 18.2 Å². The average molecular weight is 371 g/mol. The molecule has 3 radical (unpaired) electrons. The number of aliphatic hydroxyl groups excluding tert-OH is 2. The molecular formula is C6H10AcNO3-. The van der Waals surface area contributed by atoms with Crippen LogP contribution in [-0.4, -0.2) is 35.1 Å². The molecule has 1 rings (SSSR count). The third kappa shape index (κ3) is 3.67. The van der Waals surface area contributed by atoms with Gasteiger partial charge in [-0.3, -0.25) is 0 Å². The van der Waals surface area contributed by atoms with Crippen LogP contribution in [-0.2, 0) is 4.74 Å². The molecule has 61 valence electrons. The molecule has 3 N–H and O–H groups in total. The summed E-state index contributed by atoms with van der Waals surface area (Å²) in [6.45, 7) is 1.06. The fourth-order valence-electron chi connectivity index (χ4n) is 0.799. The molecule has 1 aliphatic heterocycles. The predicted octanol–water partition coefficient (Wildman–Crippen LogP) is -0.475. The van der Waals surface area contributed by atoms with Gasteiger partial charge in [0.05, 0.1) is 19.3 Å². The number of rotatable bonds is 1. The normalized spacial score (nSPS) is 37.9. The summed E-state index contributed by atoms with van der Waals surface area (Å²) >= 11 is 0. The van der Waals surface area contributed by atoms with Crippen molar-refractivity contribution in [1.82, 2.24) is 0 Å². The summed E-state index contributed by atoms with van der Waals surface area (Å²) in [4.78, 5) is 0. The largest absolute Gasteiger partial charge is 0.672 e. The first-order chi connectivity index (χ1) is 4.74. The van der Waals surface area contributed by atoms with Crippen LogP contribution in [0.15, 0.2) is 0 Å². The van der Waals surface area contributed by atoms with Crippen molar-refractivity contribution >= 4 is 0 Å². The third-order valence-corrected chi connectivity index (χ3v) is 1.37. The Bertz CT molecular complexity index is 114. The number of aliphatic hydroxyl groups is 2. The van der Waals surface area contributed by atoms with Gasteiger partial charge in [0.2, 0.25) is 0 Å². The second-order valence-electron chi connectivity index (χ2n) is 2.20. The summed E-state index contributed by atoms with van der Waals surface area (Å²) in [6.07, 6.45) is 0.00352. The quantitative estimate of drug-likeness (QED) is 0.655. The van der Waals surface area contributed by atoms with E-state index in [1.165, 1.54) is 13.0 Å². The van der Waals surface area contributed by atoms with Crippen LogP contribution in [0.25, 0.3) is 5.73 Å². The van der Waals surface area contributed by atoms with Crippen molar-refractivity contribution in [3.8, 4) is 0 Å². The molecule has 11 heavy (non-hydrogen) atoms. The van der Waals surface area contributed by atoms with Crippen molar-refractivity contribution < 1.29 is 59.0 Å². The van der Waals surface area contributed by atoms with Crippen LogP contribution in [0.4, 0.5) is 0 Å². The minimum atomic E-state index is -0.822. The van der Waals surface area contributed by atoms with E-state index in [-0.39, 0.29) is 50.7 Å². The van der Waals surface area contributed by atoms with Gasteiger partial charge in [-0.25, -0.2) is 0 Å². The molecule has 0 aliphatic carbocycles. The number of hydrogen-bond acceptors (Lipinski definition) is 3. The number of hydrogen-bond donors (Lipinski definition) is 2. The molecule has 0 aromatic heterocycles. The monoisotopic (exact) mass is 371 g/mol. The maximum absolute atomic E-state index is 9.06. The smallest absolute Gasteiger partial charge is 0.107 e. The number of ether oxygens (including phenoxy) is 1. The van der Waals surface area contributed by atoms with E-state index in [2.05, 4.69) is 0 Å². The molecule has 0 bridgehead atoms. The van der Waals surface area contributed by atoms with Gasteiger partial charge in [0, 0.05) is 44.1 Å². The molecule has 1 aliphatic rings. The van der Waals surface area contributed by atoms with E-state index in [1.54, 1.807) is 0 Å². The van der Waals surface area contributed by atoms with E-state index in [4.69, 9.17) is 20.7 Å². The van der Waals surface area contributed by atoms with Crippen LogP contribution in [0, 0.1) is 57.1 Å². The molecule has 2 unspecified atom stereocenters. The predicted molar refractivity (Wildman–Crippen MR) is 34.7 cm³/mol. The molecule has 1 fully saturated rings. The summed E-state index contributed by atoms with van der Waals surface area (Å²) in [7, 11) is 0. The van der Waals surface area contributed by atoms with Gasteiger partial charge in [-0.1, -0.05) is 0 Å². The zero-order chi connectivity index (χ0) is 7.56. The molecule has 1 heterocycles. The van der Waals surface area contributed by atoms with Crippen LogP contribution in [0.3, 0.4) is 0 Å². The average Bonchev–Trinajstić information content (AvgIpc) is 1.88. The number of nitrogens with one attached hydrogen (secondary N) is 1. The molecule has 1 saturated heterocycles. The van der Waals surface area contributed by atoms with Crippen LogP contribution in [0.1, 0.15) is 0 Å². The van der Waals surface area contributed by atoms with Crippen molar-refractivity contribution in [3.63, 3.8) is 0 Å². The SMILES string of the molecule is [Ac].[NH-]C1[CH]OC(CO)[C@H](O)[CH]1. The Morgan fingerprint density at radius 2 is 2.18 bits per heavy atom. The Hall–Kier alpha value is 1.28. The van der Waals surface area contributed by atoms with E-state index in [9.17, 15) is 0 Å². The molecule has 4 nitrogen and oxygen atoms in total. The van der Waals surface area contributed by atoms with Crippen LogP contribution in [0.5, 0.6) is 0 Å². The molecule has 0 saturated carbocycles.